The van der Waals surface area contributed by atoms with Crippen LogP contribution in [0.4, 0.5) is 11.4 Å². The molecule has 0 fully saturated rings. The summed E-state index contributed by atoms with van der Waals surface area (Å²) in [6, 6.07) is 24.5. The Morgan fingerprint density at radius 2 is 1.42 bits per heavy atom. The molecule has 1 aliphatic heterocycles. The number of para-hydroxylation sites is 1. The fourth-order valence-corrected chi connectivity index (χ4v) is 4.30. The summed E-state index contributed by atoms with van der Waals surface area (Å²) in [6.45, 7) is 0. The predicted molar refractivity (Wildman–Crippen MR) is 104 cm³/mol. The molecule has 0 unspecified atom stereocenters. The number of hydrogen-bond donors (Lipinski definition) is 0. The van der Waals surface area contributed by atoms with Crippen molar-refractivity contribution in [2.24, 2.45) is 0 Å². The van der Waals surface area contributed by atoms with Crippen LogP contribution in [0.15, 0.2) is 87.0 Å². The molecular formula is C21H15N3OS. The summed E-state index contributed by atoms with van der Waals surface area (Å²) in [5.74, 6) is 1.07. The van der Waals surface area contributed by atoms with Gasteiger partial charge in [0.2, 0.25) is 11.8 Å². The highest BCUT2D eigenvalue weighted by atomic mass is 32.2. The largest absolute Gasteiger partial charge is 0.416 e. The predicted octanol–water partition coefficient (Wildman–Crippen LogP) is 5.64. The molecule has 0 aliphatic carbocycles. The third-order valence-corrected chi connectivity index (χ3v) is 5.57. The highest BCUT2D eigenvalue weighted by Gasteiger charge is 2.21. The molecule has 0 saturated heterocycles. The van der Waals surface area contributed by atoms with Crippen LogP contribution in [0.3, 0.4) is 0 Å². The van der Waals surface area contributed by atoms with Crippen LogP contribution in [0.25, 0.3) is 22.9 Å². The van der Waals surface area contributed by atoms with Crippen molar-refractivity contribution in [1.29, 1.82) is 0 Å². The summed E-state index contributed by atoms with van der Waals surface area (Å²) in [5, 5.41) is 8.43. The van der Waals surface area contributed by atoms with E-state index in [1.54, 1.807) is 11.8 Å². The van der Waals surface area contributed by atoms with Gasteiger partial charge in [-0.2, -0.15) is 0 Å². The highest BCUT2D eigenvalue weighted by molar-refractivity contribution is 7.99. The van der Waals surface area contributed by atoms with Crippen molar-refractivity contribution in [3.8, 4) is 22.9 Å². The molecule has 0 atom stereocenters. The molecule has 4 aromatic rings. The Labute approximate surface area is 155 Å². The summed E-state index contributed by atoms with van der Waals surface area (Å²) in [5.41, 5.74) is 4.26. The average molecular weight is 357 g/mol. The van der Waals surface area contributed by atoms with Gasteiger partial charge in [-0.3, -0.25) is 0 Å². The van der Waals surface area contributed by atoms with Gasteiger partial charge in [-0.05, 0) is 42.5 Å². The molecule has 0 amide bonds. The van der Waals surface area contributed by atoms with Crippen LogP contribution in [-0.2, 0) is 0 Å². The number of rotatable bonds is 2. The SMILES string of the molecule is CN1c2ccccc2Sc2cc(-c3nnc(-c4ccccc4)o3)ccc21. The minimum Gasteiger partial charge on any atom is -0.416 e. The zero-order valence-corrected chi connectivity index (χ0v) is 14.9. The van der Waals surface area contributed by atoms with Gasteiger partial charge in [0.15, 0.2) is 0 Å². The lowest BCUT2D eigenvalue weighted by atomic mass is 10.1. The normalized spacial score (nSPS) is 12.6. The number of anilines is 2. The number of hydrogen-bond acceptors (Lipinski definition) is 5. The van der Waals surface area contributed by atoms with Crippen LogP contribution in [0, 0.1) is 0 Å². The van der Waals surface area contributed by atoms with Crippen molar-refractivity contribution in [2.45, 2.75) is 9.79 Å². The summed E-state index contributed by atoms with van der Waals surface area (Å²) < 4.78 is 5.90. The second-order valence-corrected chi connectivity index (χ2v) is 7.17. The maximum absolute atomic E-state index is 5.90. The highest BCUT2D eigenvalue weighted by Crippen LogP contribution is 2.48. The van der Waals surface area contributed by atoms with Crippen LogP contribution in [0.1, 0.15) is 0 Å². The monoisotopic (exact) mass is 357 g/mol. The van der Waals surface area contributed by atoms with Gasteiger partial charge >= 0.3 is 0 Å². The molecule has 4 nitrogen and oxygen atoms in total. The van der Waals surface area contributed by atoms with Crippen LogP contribution in [0.5, 0.6) is 0 Å². The minimum absolute atomic E-state index is 0.536. The Balaban J connectivity index is 1.53. The summed E-state index contributed by atoms with van der Waals surface area (Å²) in [7, 11) is 2.09. The molecule has 3 aromatic carbocycles. The Hall–Kier alpha value is -3.05. The maximum atomic E-state index is 5.90. The topological polar surface area (TPSA) is 42.2 Å². The van der Waals surface area contributed by atoms with E-state index in [0.717, 1.165) is 11.1 Å². The van der Waals surface area contributed by atoms with Gasteiger partial charge in [-0.25, -0.2) is 0 Å². The van der Waals surface area contributed by atoms with E-state index in [1.807, 2.05) is 36.4 Å². The number of nitrogens with zero attached hydrogens (tertiary/aromatic N) is 3. The maximum Gasteiger partial charge on any atom is 0.248 e. The zero-order valence-electron chi connectivity index (χ0n) is 14.1. The second kappa shape index (κ2) is 6.04. The quantitative estimate of drug-likeness (QED) is 0.465. The van der Waals surface area contributed by atoms with E-state index in [2.05, 4.69) is 58.5 Å². The number of fused-ring (bicyclic) bond motifs is 2. The lowest BCUT2D eigenvalue weighted by molar-refractivity contribution is 0.584. The molecule has 0 N–H and O–H groups in total. The zero-order chi connectivity index (χ0) is 17.5. The molecule has 1 aromatic heterocycles. The molecule has 126 valence electrons. The van der Waals surface area contributed by atoms with E-state index in [0.29, 0.717) is 11.8 Å². The number of benzene rings is 3. The molecule has 0 radical (unpaired) electrons. The fourth-order valence-electron chi connectivity index (χ4n) is 3.11. The van der Waals surface area contributed by atoms with Crippen molar-refractivity contribution in [3.05, 3.63) is 72.8 Å². The van der Waals surface area contributed by atoms with E-state index in [4.69, 9.17) is 4.42 Å². The van der Waals surface area contributed by atoms with Gasteiger partial charge in [0.25, 0.3) is 0 Å². The molecule has 5 rings (SSSR count). The van der Waals surface area contributed by atoms with Crippen LogP contribution >= 0.6 is 11.8 Å². The summed E-state index contributed by atoms with van der Waals surface area (Å²) >= 11 is 1.77. The van der Waals surface area contributed by atoms with Crippen LogP contribution in [0.2, 0.25) is 0 Å². The van der Waals surface area contributed by atoms with Crippen molar-refractivity contribution < 1.29 is 4.42 Å². The molecule has 5 heteroatoms. The van der Waals surface area contributed by atoms with Gasteiger partial charge in [-0.15, -0.1) is 10.2 Å². The lowest BCUT2D eigenvalue weighted by Crippen LogP contribution is -2.14. The van der Waals surface area contributed by atoms with Crippen LogP contribution < -0.4 is 4.90 Å². The lowest BCUT2D eigenvalue weighted by Gasteiger charge is -2.29. The first kappa shape index (κ1) is 15.2. The Bertz CT molecular complexity index is 1090. The van der Waals surface area contributed by atoms with E-state index < -0.39 is 0 Å². The molecule has 2 heterocycles. The Morgan fingerprint density at radius 3 is 2.27 bits per heavy atom. The minimum atomic E-state index is 0.536. The summed E-state index contributed by atoms with van der Waals surface area (Å²) in [6.07, 6.45) is 0. The van der Waals surface area contributed by atoms with Crippen LogP contribution in [-0.4, -0.2) is 17.2 Å². The summed E-state index contributed by atoms with van der Waals surface area (Å²) in [4.78, 5) is 4.65. The third kappa shape index (κ3) is 2.48. The van der Waals surface area contributed by atoms with Gasteiger partial charge in [-0.1, -0.05) is 42.1 Å². The van der Waals surface area contributed by atoms with Crippen molar-refractivity contribution in [1.82, 2.24) is 10.2 Å². The Kier molecular flexibility index (Phi) is 3.53. The third-order valence-electron chi connectivity index (χ3n) is 4.46. The number of aromatic nitrogens is 2. The van der Waals surface area contributed by atoms with Crippen molar-refractivity contribution >= 4 is 23.1 Å². The second-order valence-electron chi connectivity index (χ2n) is 6.09. The fraction of sp³-hybridized carbons (Fsp3) is 0.0476. The molecule has 1 aliphatic rings. The smallest absolute Gasteiger partial charge is 0.248 e. The van der Waals surface area contributed by atoms with Gasteiger partial charge in [0.1, 0.15) is 0 Å². The first-order valence-corrected chi connectivity index (χ1v) is 9.15. The average Bonchev–Trinajstić information content (AvgIpc) is 3.19. The molecular weight excluding hydrogens is 342 g/mol. The molecule has 0 saturated carbocycles. The standard InChI is InChI=1S/C21H15N3OS/c1-24-16-9-5-6-10-18(16)26-19-13-15(11-12-17(19)24)21-23-22-20(25-21)14-7-3-2-4-8-14/h2-13H,1H3. The van der Waals surface area contributed by atoms with E-state index in [9.17, 15) is 0 Å². The first-order valence-electron chi connectivity index (χ1n) is 8.33. The van der Waals surface area contributed by atoms with Gasteiger partial charge < -0.3 is 9.32 Å². The van der Waals surface area contributed by atoms with E-state index >= 15 is 0 Å². The van der Waals surface area contributed by atoms with E-state index in [-0.39, 0.29) is 0 Å². The molecule has 0 bridgehead atoms. The van der Waals surface area contributed by atoms with Crippen molar-refractivity contribution in [2.75, 3.05) is 11.9 Å². The Morgan fingerprint density at radius 1 is 0.731 bits per heavy atom. The van der Waals surface area contributed by atoms with E-state index in [1.165, 1.54) is 21.2 Å². The van der Waals surface area contributed by atoms with Crippen molar-refractivity contribution in [3.63, 3.8) is 0 Å². The molecule has 0 spiro atoms. The van der Waals surface area contributed by atoms with Gasteiger partial charge in [0, 0.05) is 28.0 Å². The van der Waals surface area contributed by atoms with Gasteiger partial charge in [0.05, 0.1) is 11.4 Å². The first-order chi connectivity index (χ1) is 12.8. The molecule has 26 heavy (non-hydrogen) atoms.